The van der Waals surface area contributed by atoms with E-state index in [2.05, 4.69) is 15.9 Å². The summed E-state index contributed by atoms with van der Waals surface area (Å²) >= 11 is 3.14. The third-order valence-electron chi connectivity index (χ3n) is 3.62. The van der Waals surface area contributed by atoms with E-state index >= 15 is 0 Å². The highest BCUT2D eigenvalue weighted by atomic mass is 79.9. The van der Waals surface area contributed by atoms with Crippen LogP contribution >= 0.6 is 15.9 Å². The van der Waals surface area contributed by atoms with Gasteiger partial charge >= 0.3 is 5.97 Å². The molecule has 0 aliphatic heterocycles. The molecule has 0 heterocycles. The third kappa shape index (κ3) is 5.08. The molecule has 1 atom stereocenters. The van der Waals surface area contributed by atoms with Crippen LogP contribution in [0.2, 0.25) is 0 Å². The normalized spacial score (nSPS) is 13.0. The summed E-state index contributed by atoms with van der Waals surface area (Å²) in [5.74, 6) is -1.48. The number of carbonyl (C=O) groups excluding carboxylic acids is 1. The molecule has 118 valence electrons. The molecule has 0 radical (unpaired) electrons. The predicted octanol–water partition coefficient (Wildman–Crippen LogP) is 4.03. The van der Waals surface area contributed by atoms with Crippen LogP contribution in [0.4, 0.5) is 4.39 Å². The zero-order valence-electron chi connectivity index (χ0n) is 12.7. The number of hydrogen-bond donors (Lipinski definition) is 1. The zero-order chi connectivity index (χ0) is 16.0. The van der Waals surface area contributed by atoms with E-state index < -0.39 is 17.7 Å². The second-order valence-electron chi connectivity index (χ2n) is 5.93. The van der Waals surface area contributed by atoms with Gasteiger partial charge in [-0.1, -0.05) is 32.4 Å². The fourth-order valence-corrected chi connectivity index (χ4v) is 2.58. The molecule has 1 rings (SSSR count). The minimum Gasteiger partial charge on any atom is -0.469 e. The number of hydrogen-bond acceptors (Lipinski definition) is 3. The second-order valence-corrected chi connectivity index (χ2v) is 6.79. The Labute approximate surface area is 133 Å². The first kappa shape index (κ1) is 18.1. The molecule has 0 spiro atoms. The van der Waals surface area contributed by atoms with E-state index in [1.807, 2.05) is 13.8 Å². The van der Waals surface area contributed by atoms with E-state index in [-0.39, 0.29) is 12.0 Å². The van der Waals surface area contributed by atoms with Crippen LogP contribution in [0.25, 0.3) is 0 Å². The van der Waals surface area contributed by atoms with Gasteiger partial charge in [0.2, 0.25) is 0 Å². The molecule has 1 aromatic carbocycles. The predicted molar refractivity (Wildman–Crippen MR) is 83.6 cm³/mol. The van der Waals surface area contributed by atoms with Crippen molar-refractivity contribution >= 4 is 21.9 Å². The van der Waals surface area contributed by atoms with E-state index in [4.69, 9.17) is 4.74 Å². The SMILES string of the molecule is COC(=O)C(CCCC(C)(C)CO)c1cccc(Br)c1F. The molecule has 1 N–H and O–H groups in total. The van der Waals surface area contributed by atoms with Gasteiger partial charge in [-0.25, -0.2) is 4.39 Å². The quantitative estimate of drug-likeness (QED) is 0.746. The fourth-order valence-electron chi connectivity index (χ4n) is 2.20. The van der Waals surface area contributed by atoms with Crippen LogP contribution in [-0.2, 0) is 9.53 Å². The number of ether oxygens (including phenoxy) is 1. The van der Waals surface area contributed by atoms with E-state index in [9.17, 15) is 14.3 Å². The number of esters is 1. The number of rotatable bonds is 7. The van der Waals surface area contributed by atoms with Crippen LogP contribution in [0.1, 0.15) is 44.6 Å². The summed E-state index contributed by atoms with van der Waals surface area (Å²) in [6.45, 7) is 4.00. The van der Waals surface area contributed by atoms with Gasteiger partial charge in [0.05, 0.1) is 17.5 Å². The molecular formula is C16H22BrFO3. The molecule has 0 saturated heterocycles. The van der Waals surface area contributed by atoms with Gasteiger partial charge < -0.3 is 9.84 Å². The maximum absolute atomic E-state index is 14.2. The van der Waals surface area contributed by atoms with E-state index in [0.29, 0.717) is 22.9 Å². The van der Waals surface area contributed by atoms with Crippen molar-refractivity contribution in [2.45, 2.75) is 39.0 Å². The highest BCUT2D eigenvalue weighted by molar-refractivity contribution is 9.10. The van der Waals surface area contributed by atoms with Gasteiger partial charge in [-0.15, -0.1) is 0 Å². The molecule has 5 heteroatoms. The smallest absolute Gasteiger partial charge is 0.313 e. The molecule has 0 fully saturated rings. The lowest BCUT2D eigenvalue weighted by Gasteiger charge is -2.23. The summed E-state index contributed by atoms with van der Waals surface area (Å²) in [6, 6.07) is 4.91. The number of carbonyl (C=O) groups is 1. The summed E-state index contributed by atoms with van der Waals surface area (Å²) in [5, 5.41) is 9.25. The number of halogens is 2. The monoisotopic (exact) mass is 360 g/mol. The lowest BCUT2D eigenvalue weighted by atomic mass is 9.85. The summed E-state index contributed by atoms with van der Waals surface area (Å²) in [4.78, 5) is 11.9. The van der Waals surface area contributed by atoms with Crippen molar-refractivity contribution in [2.75, 3.05) is 13.7 Å². The molecule has 0 amide bonds. The van der Waals surface area contributed by atoms with E-state index in [1.165, 1.54) is 7.11 Å². The van der Waals surface area contributed by atoms with Gasteiger partial charge in [-0.05, 0) is 40.3 Å². The number of aliphatic hydroxyl groups excluding tert-OH is 1. The highest BCUT2D eigenvalue weighted by Gasteiger charge is 2.26. The fraction of sp³-hybridized carbons (Fsp3) is 0.562. The summed E-state index contributed by atoms with van der Waals surface area (Å²) in [5.41, 5.74) is 0.147. The molecule has 0 aliphatic rings. The maximum Gasteiger partial charge on any atom is 0.313 e. The lowest BCUT2D eigenvalue weighted by molar-refractivity contribution is -0.142. The molecular weight excluding hydrogens is 339 g/mol. The van der Waals surface area contributed by atoms with Gasteiger partial charge in [-0.3, -0.25) is 4.79 Å². The standard InChI is InChI=1S/C16H22BrFO3/c1-16(2,10-19)9-5-7-12(15(20)21-3)11-6-4-8-13(17)14(11)18/h4,6,8,12,19H,5,7,9-10H2,1-3H3. The lowest BCUT2D eigenvalue weighted by Crippen LogP contribution is -2.19. The largest absolute Gasteiger partial charge is 0.469 e. The summed E-state index contributed by atoms with van der Waals surface area (Å²) in [7, 11) is 1.31. The van der Waals surface area contributed by atoms with Crippen molar-refractivity contribution in [1.82, 2.24) is 0 Å². The number of aliphatic hydroxyl groups is 1. The van der Waals surface area contributed by atoms with E-state index in [0.717, 1.165) is 6.42 Å². The van der Waals surface area contributed by atoms with Gasteiger partial charge in [0.15, 0.2) is 0 Å². The summed E-state index contributed by atoms with van der Waals surface area (Å²) < 4.78 is 19.3. The Hall–Kier alpha value is -0.940. The van der Waals surface area contributed by atoms with E-state index in [1.54, 1.807) is 18.2 Å². The van der Waals surface area contributed by atoms with Gasteiger partial charge in [0, 0.05) is 12.2 Å². The first-order chi connectivity index (χ1) is 9.82. The van der Waals surface area contributed by atoms with Gasteiger partial charge in [0.1, 0.15) is 5.82 Å². The first-order valence-corrected chi connectivity index (χ1v) is 7.74. The van der Waals surface area contributed by atoms with Gasteiger partial charge in [0.25, 0.3) is 0 Å². The molecule has 1 aromatic rings. The van der Waals surface area contributed by atoms with Gasteiger partial charge in [-0.2, -0.15) is 0 Å². The first-order valence-electron chi connectivity index (χ1n) is 6.95. The van der Waals surface area contributed by atoms with Crippen molar-refractivity contribution < 1.29 is 19.0 Å². The Morgan fingerprint density at radius 3 is 2.71 bits per heavy atom. The molecule has 21 heavy (non-hydrogen) atoms. The number of benzene rings is 1. The summed E-state index contributed by atoms with van der Waals surface area (Å²) in [6.07, 6.45) is 1.95. The molecule has 1 unspecified atom stereocenters. The van der Waals surface area contributed by atoms with Crippen molar-refractivity contribution in [3.8, 4) is 0 Å². The van der Waals surface area contributed by atoms with Crippen LogP contribution in [0.3, 0.4) is 0 Å². The topological polar surface area (TPSA) is 46.5 Å². The zero-order valence-corrected chi connectivity index (χ0v) is 14.2. The van der Waals surface area contributed by atoms with Crippen molar-refractivity contribution in [2.24, 2.45) is 5.41 Å². The van der Waals surface area contributed by atoms with Crippen LogP contribution < -0.4 is 0 Å². The van der Waals surface area contributed by atoms with Crippen LogP contribution in [0.5, 0.6) is 0 Å². The minimum absolute atomic E-state index is 0.0845. The minimum atomic E-state index is -0.623. The molecule has 0 aromatic heterocycles. The molecule has 0 saturated carbocycles. The third-order valence-corrected chi connectivity index (χ3v) is 4.23. The Morgan fingerprint density at radius 2 is 2.14 bits per heavy atom. The molecule has 3 nitrogen and oxygen atoms in total. The van der Waals surface area contributed by atoms with Crippen LogP contribution in [-0.4, -0.2) is 24.8 Å². The highest BCUT2D eigenvalue weighted by Crippen LogP contribution is 2.31. The van der Waals surface area contributed by atoms with Crippen molar-refractivity contribution in [3.05, 3.63) is 34.1 Å². The Balaban J connectivity index is 2.87. The average molecular weight is 361 g/mol. The van der Waals surface area contributed by atoms with Crippen LogP contribution in [0.15, 0.2) is 22.7 Å². The van der Waals surface area contributed by atoms with Crippen molar-refractivity contribution in [3.63, 3.8) is 0 Å². The molecule has 0 aliphatic carbocycles. The Morgan fingerprint density at radius 1 is 1.48 bits per heavy atom. The van der Waals surface area contributed by atoms with Crippen molar-refractivity contribution in [1.29, 1.82) is 0 Å². The molecule has 0 bridgehead atoms. The number of methoxy groups -OCH3 is 1. The maximum atomic E-state index is 14.2. The average Bonchev–Trinajstić information content (AvgIpc) is 2.46. The Bertz CT molecular complexity index is 488. The van der Waals surface area contributed by atoms with Crippen LogP contribution in [0, 0.1) is 11.2 Å². The Kier molecular flexibility index (Phi) is 6.81. The second kappa shape index (κ2) is 7.90.